The van der Waals surface area contributed by atoms with Gasteiger partial charge in [0.1, 0.15) is 30.4 Å². The number of rotatable bonds is 7. The summed E-state index contributed by atoms with van der Waals surface area (Å²) < 4.78 is 12.5. The summed E-state index contributed by atoms with van der Waals surface area (Å²) in [5.74, 6) is 1.38. The second kappa shape index (κ2) is 8.29. The Morgan fingerprint density at radius 2 is 2.00 bits per heavy atom. The number of para-hydroxylation sites is 1. The van der Waals surface area contributed by atoms with Crippen LogP contribution in [0.4, 0.5) is 5.82 Å². The summed E-state index contributed by atoms with van der Waals surface area (Å²) in [6, 6.07) is 7.81. The van der Waals surface area contributed by atoms with E-state index >= 15 is 0 Å². The van der Waals surface area contributed by atoms with Crippen molar-refractivity contribution in [2.75, 3.05) is 25.6 Å². The zero-order valence-electron chi connectivity index (χ0n) is 15.8. The lowest BCUT2D eigenvalue weighted by Crippen LogP contribution is -2.33. The average molecular weight is 401 g/mol. The first-order valence-corrected chi connectivity index (χ1v) is 9.29. The van der Waals surface area contributed by atoms with Crippen LogP contribution in [-0.4, -0.2) is 73.4 Å². The predicted molar refractivity (Wildman–Crippen MR) is 104 cm³/mol. The van der Waals surface area contributed by atoms with E-state index in [-0.39, 0.29) is 0 Å². The summed E-state index contributed by atoms with van der Waals surface area (Å²) in [6.07, 6.45) is -0.566. The number of imidazole rings is 1. The van der Waals surface area contributed by atoms with Gasteiger partial charge in [0.25, 0.3) is 0 Å². The highest BCUT2D eigenvalue weighted by Gasteiger charge is 2.44. The van der Waals surface area contributed by atoms with E-state index in [1.54, 1.807) is 7.11 Å². The monoisotopic (exact) mass is 401 g/mol. The molecule has 10 heteroatoms. The van der Waals surface area contributed by atoms with E-state index in [2.05, 4.69) is 20.3 Å². The second-order valence-electron chi connectivity index (χ2n) is 6.76. The number of nitrogens with one attached hydrogen (secondary N) is 1. The molecule has 1 fully saturated rings. The number of hydrogen-bond donors (Lipinski definition) is 4. The Morgan fingerprint density at radius 1 is 1.17 bits per heavy atom. The molecule has 1 aromatic carbocycles. The largest absolute Gasteiger partial charge is 0.496 e. The molecule has 1 saturated heterocycles. The fourth-order valence-electron chi connectivity index (χ4n) is 3.50. The maximum absolute atomic E-state index is 10.3. The van der Waals surface area contributed by atoms with Crippen molar-refractivity contribution in [2.24, 2.45) is 0 Å². The number of aliphatic hydroxyl groups is 3. The highest BCUT2D eigenvalue weighted by atomic mass is 16.6. The minimum absolute atomic E-state index is 0.397. The van der Waals surface area contributed by atoms with Gasteiger partial charge in [-0.05, 0) is 18.1 Å². The van der Waals surface area contributed by atoms with Crippen molar-refractivity contribution < 1.29 is 24.8 Å². The third-order valence-electron chi connectivity index (χ3n) is 5.03. The standard InChI is InChI=1S/C19H23N5O5/c1-28-12-5-3-2-4-11(12)6-7-20-17-14-18(22-9-21-17)24(10-23-14)19-16(27)15(26)13(8-25)29-19/h2-5,9-10,13,15-16,19,25-27H,6-8H2,1H3,(H,20,21,22). The zero-order valence-corrected chi connectivity index (χ0v) is 15.8. The van der Waals surface area contributed by atoms with Crippen molar-refractivity contribution in [3.63, 3.8) is 0 Å². The molecule has 1 aliphatic rings. The van der Waals surface area contributed by atoms with Gasteiger partial charge in [-0.3, -0.25) is 4.57 Å². The highest BCUT2D eigenvalue weighted by molar-refractivity contribution is 5.82. The average Bonchev–Trinajstić information content (AvgIpc) is 3.30. The number of nitrogens with zero attached hydrogens (tertiary/aromatic N) is 4. The maximum atomic E-state index is 10.3. The van der Waals surface area contributed by atoms with Gasteiger partial charge in [0.05, 0.1) is 20.0 Å². The minimum atomic E-state index is -1.21. The van der Waals surface area contributed by atoms with E-state index in [1.165, 1.54) is 17.2 Å². The molecule has 4 rings (SSSR count). The third kappa shape index (κ3) is 3.62. The van der Waals surface area contributed by atoms with Gasteiger partial charge in [0.15, 0.2) is 23.2 Å². The Balaban J connectivity index is 1.52. The summed E-state index contributed by atoms with van der Waals surface area (Å²) in [4.78, 5) is 12.9. The van der Waals surface area contributed by atoms with Crippen LogP contribution in [0.3, 0.4) is 0 Å². The molecule has 0 saturated carbocycles. The first-order chi connectivity index (χ1) is 14.1. The van der Waals surface area contributed by atoms with Crippen LogP contribution in [0.1, 0.15) is 11.8 Å². The van der Waals surface area contributed by atoms with E-state index in [0.29, 0.717) is 23.5 Å². The van der Waals surface area contributed by atoms with Gasteiger partial charge in [0, 0.05) is 6.54 Å². The topological polar surface area (TPSA) is 135 Å². The molecule has 3 heterocycles. The summed E-state index contributed by atoms with van der Waals surface area (Å²) in [5.41, 5.74) is 2.05. The fraction of sp³-hybridized carbons (Fsp3) is 0.421. The Hall–Kier alpha value is -2.79. The van der Waals surface area contributed by atoms with Crippen LogP contribution in [0.15, 0.2) is 36.9 Å². The van der Waals surface area contributed by atoms with Crippen molar-refractivity contribution in [1.82, 2.24) is 19.5 Å². The zero-order chi connectivity index (χ0) is 20.4. The lowest BCUT2D eigenvalue weighted by Gasteiger charge is -2.16. The molecule has 4 N–H and O–H groups in total. The molecule has 3 aromatic rings. The number of fused-ring (bicyclic) bond motifs is 1. The summed E-state index contributed by atoms with van der Waals surface area (Å²) in [6.45, 7) is 0.208. The molecule has 0 aliphatic carbocycles. The summed E-state index contributed by atoms with van der Waals surface area (Å²) in [7, 11) is 1.64. The molecular formula is C19H23N5O5. The molecule has 2 aromatic heterocycles. The number of aliphatic hydroxyl groups excluding tert-OH is 3. The second-order valence-corrected chi connectivity index (χ2v) is 6.76. The Bertz CT molecular complexity index is 981. The SMILES string of the molecule is COc1ccccc1CCNc1ncnc2c1ncn2C1OC(CO)C(O)C1O. The number of benzene rings is 1. The normalized spacial score (nSPS) is 24.1. The molecule has 154 valence electrons. The molecule has 0 radical (unpaired) electrons. The minimum Gasteiger partial charge on any atom is -0.496 e. The summed E-state index contributed by atoms with van der Waals surface area (Å²) >= 11 is 0. The van der Waals surface area contributed by atoms with Crippen LogP contribution in [0.5, 0.6) is 5.75 Å². The first kappa shape index (κ1) is 19.5. The molecule has 0 amide bonds. The van der Waals surface area contributed by atoms with E-state index in [1.807, 2.05) is 24.3 Å². The van der Waals surface area contributed by atoms with Crippen molar-refractivity contribution in [3.05, 3.63) is 42.5 Å². The number of methoxy groups -OCH3 is 1. The molecule has 0 spiro atoms. The van der Waals surface area contributed by atoms with Crippen LogP contribution in [0, 0.1) is 0 Å². The van der Waals surface area contributed by atoms with E-state index in [9.17, 15) is 15.3 Å². The van der Waals surface area contributed by atoms with Gasteiger partial charge >= 0.3 is 0 Å². The Kier molecular flexibility index (Phi) is 5.58. The van der Waals surface area contributed by atoms with Gasteiger partial charge in [0.2, 0.25) is 0 Å². The van der Waals surface area contributed by atoms with E-state index in [0.717, 1.165) is 17.7 Å². The van der Waals surface area contributed by atoms with Crippen LogP contribution in [0.25, 0.3) is 11.2 Å². The van der Waals surface area contributed by atoms with E-state index in [4.69, 9.17) is 9.47 Å². The highest BCUT2D eigenvalue weighted by Crippen LogP contribution is 2.32. The molecule has 10 nitrogen and oxygen atoms in total. The lowest BCUT2D eigenvalue weighted by molar-refractivity contribution is -0.0511. The molecule has 1 aliphatic heterocycles. The number of hydrogen-bond acceptors (Lipinski definition) is 9. The maximum Gasteiger partial charge on any atom is 0.167 e. The van der Waals surface area contributed by atoms with Gasteiger partial charge in [-0.1, -0.05) is 18.2 Å². The smallest absolute Gasteiger partial charge is 0.167 e. The molecule has 0 bridgehead atoms. The van der Waals surface area contributed by atoms with Crippen molar-refractivity contribution >= 4 is 17.0 Å². The molecule has 4 unspecified atom stereocenters. The quantitative estimate of drug-likeness (QED) is 0.435. The number of anilines is 1. The van der Waals surface area contributed by atoms with Crippen LogP contribution < -0.4 is 10.1 Å². The molecule has 4 atom stereocenters. The lowest BCUT2D eigenvalue weighted by atomic mass is 10.1. The van der Waals surface area contributed by atoms with Crippen LogP contribution in [0.2, 0.25) is 0 Å². The predicted octanol–water partition coefficient (Wildman–Crippen LogP) is 0.101. The Labute approximate surface area is 166 Å². The van der Waals surface area contributed by atoms with Crippen molar-refractivity contribution in [2.45, 2.75) is 31.0 Å². The van der Waals surface area contributed by atoms with Crippen molar-refractivity contribution in [1.29, 1.82) is 0 Å². The van der Waals surface area contributed by atoms with Crippen molar-refractivity contribution in [3.8, 4) is 5.75 Å². The van der Waals surface area contributed by atoms with Gasteiger partial charge < -0.3 is 30.1 Å². The van der Waals surface area contributed by atoms with Gasteiger partial charge in [-0.15, -0.1) is 0 Å². The molecular weight excluding hydrogens is 378 g/mol. The fourth-order valence-corrected chi connectivity index (χ4v) is 3.50. The van der Waals surface area contributed by atoms with Gasteiger partial charge in [-0.25, -0.2) is 15.0 Å². The first-order valence-electron chi connectivity index (χ1n) is 9.29. The van der Waals surface area contributed by atoms with Crippen LogP contribution in [-0.2, 0) is 11.2 Å². The van der Waals surface area contributed by atoms with Gasteiger partial charge in [-0.2, -0.15) is 0 Å². The number of aromatic nitrogens is 4. The summed E-state index contributed by atoms with van der Waals surface area (Å²) in [5, 5.41) is 32.8. The number of ether oxygens (including phenoxy) is 2. The Morgan fingerprint density at radius 3 is 2.76 bits per heavy atom. The van der Waals surface area contributed by atoms with E-state index < -0.39 is 31.1 Å². The van der Waals surface area contributed by atoms with Crippen LogP contribution >= 0.6 is 0 Å². The molecule has 29 heavy (non-hydrogen) atoms. The third-order valence-corrected chi connectivity index (χ3v) is 5.03.